The molecule has 1 saturated heterocycles. The Bertz CT molecular complexity index is 1060. The molecule has 4 rings (SSSR count). The van der Waals surface area contributed by atoms with Crippen molar-refractivity contribution in [3.8, 4) is 5.75 Å². The fraction of sp³-hybridized carbons (Fsp3) is 0.318. The molecule has 2 heterocycles. The minimum atomic E-state index is -4.89. The molecule has 30 heavy (non-hydrogen) atoms. The number of hydrogen-bond acceptors (Lipinski definition) is 3. The first kappa shape index (κ1) is 20.3. The molecule has 0 N–H and O–H groups in total. The minimum Gasteiger partial charge on any atom is -0.461 e. The average molecular weight is 421 g/mol. The van der Waals surface area contributed by atoms with Gasteiger partial charge in [0.05, 0.1) is 5.56 Å². The van der Waals surface area contributed by atoms with Gasteiger partial charge in [-0.1, -0.05) is 12.1 Å². The molecule has 3 aromatic rings. The van der Waals surface area contributed by atoms with E-state index < -0.39 is 18.0 Å². The highest BCUT2D eigenvalue weighted by molar-refractivity contribution is 5.97. The summed E-state index contributed by atoms with van der Waals surface area (Å²) in [4.78, 5) is 14.7. The number of furan rings is 1. The van der Waals surface area contributed by atoms with Crippen LogP contribution in [0.3, 0.4) is 0 Å². The van der Waals surface area contributed by atoms with Gasteiger partial charge in [0.25, 0.3) is 5.91 Å². The van der Waals surface area contributed by atoms with Gasteiger partial charge in [-0.15, -0.1) is 13.2 Å². The Morgan fingerprint density at radius 3 is 2.73 bits per heavy atom. The van der Waals surface area contributed by atoms with Gasteiger partial charge in [-0.3, -0.25) is 4.79 Å². The number of hydrogen-bond donors (Lipinski definition) is 0. The molecule has 2 aromatic carbocycles. The van der Waals surface area contributed by atoms with E-state index in [-0.39, 0.29) is 17.4 Å². The van der Waals surface area contributed by atoms with Gasteiger partial charge in [0.1, 0.15) is 22.9 Å². The van der Waals surface area contributed by atoms with Gasteiger partial charge in [0.2, 0.25) is 0 Å². The number of likely N-dealkylation sites (tertiary alicyclic amines) is 1. The van der Waals surface area contributed by atoms with E-state index in [2.05, 4.69) is 4.74 Å². The van der Waals surface area contributed by atoms with Crippen molar-refractivity contribution in [3.63, 3.8) is 0 Å². The van der Waals surface area contributed by atoms with Crippen LogP contribution in [0.2, 0.25) is 0 Å². The molecule has 1 aromatic heterocycles. The number of carbonyl (C=O) groups is 1. The Labute approximate surface area is 170 Å². The molecule has 1 aliphatic heterocycles. The Morgan fingerprint density at radius 2 is 1.93 bits per heavy atom. The molecule has 8 heteroatoms. The summed E-state index contributed by atoms with van der Waals surface area (Å²) in [5.74, 6) is -0.800. The molecule has 158 valence electrons. The van der Waals surface area contributed by atoms with E-state index in [4.69, 9.17) is 4.42 Å². The number of nitrogens with zero attached hydrogens (tertiary/aromatic N) is 1. The number of carbonyl (C=O) groups excluding carboxylic acids is 1. The zero-order valence-electron chi connectivity index (χ0n) is 15.9. The van der Waals surface area contributed by atoms with Gasteiger partial charge < -0.3 is 14.1 Å². The SMILES string of the molecule is O=C(c1ccccc1OC(F)(F)F)N1CCCC[C@H]1Cc1cc2cc(F)ccc2o1. The van der Waals surface area contributed by atoms with Gasteiger partial charge >= 0.3 is 6.36 Å². The molecule has 1 aliphatic rings. The number of para-hydroxylation sites is 1. The third-order valence-corrected chi connectivity index (χ3v) is 5.20. The molecule has 0 radical (unpaired) electrons. The molecule has 1 amide bonds. The van der Waals surface area contributed by atoms with E-state index in [1.165, 1.54) is 30.3 Å². The van der Waals surface area contributed by atoms with Crippen LogP contribution in [0.25, 0.3) is 11.0 Å². The number of alkyl halides is 3. The molecular weight excluding hydrogens is 402 g/mol. The summed E-state index contributed by atoms with van der Waals surface area (Å²) < 4.78 is 61.5. The van der Waals surface area contributed by atoms with Gasteiger partial charge in [-0.05, 0) is 55.7 Å². The van der Waals surface area contributed by atoms with Crippen molar-refractivity contribution in [1.82, 2.24) is 4.90 Å². The van der Waals surface area contributed by atoms with Gasteiger partial charge in [0.15, 0.2) is 0 Å². The van der Waals surface area contributed by atoms with Crippen LogP contribution in [0.4, 0.5) is 17.6 Å². The second-order valence-electron chi connectivity index (χ2n) is 7.29. The van der Waals surface area contributed by atoms with Crippen molar-refractivity contribution in [2.24, 2.45) is 0 Å². The summed E-state index contributed by atoms with van der Waals surface area (Å²) in [5, 5.41) is 0.627. The molecular formula is C22H19F4NO3. The molecule has 0 spiro atoms. The molecule has 1 atom stereocenters. The smallest absolute Gasteiger partial charge is 0.461 e. The maximum atomic E-state index is 13.4. The second kappa shape index (κ2) is 8.01. The lowest BCUT2D eigenvalue weighted by atomic mass is 9.97. The van der Waals surface area contributed by atoms with Crippen LogP contribution in [0.5, 0.6) is 5.75 Å². The predicted octanol–water partition coefficient (Wildman–Crippen LogP) is 5.71. The van der Waals surface area contributed by atoms with Crippen LogP contribution >= 0.6 is 0 Å². The third-order valence-electron chi connectivity index (χ3n) is 5.20. The topological polar surface area (TPSA) is 42.7 Å². The first-order chi connectivity index (χ1) is 14.3. The molecule has 1 fully saturated rings. The predicted molar refractivity (Wildman–Crippen MR) is 102 cm³/mol. The summed E-state index contributed by atoms with van der Waals surface area (Å²) in [6, 6.07) is 11.1. The van der Waals surface area contributed by atoms with Crippen LogP contribution in [0, 0.1) is 5.82 Å². The molecule has 4 nitrogen and oxygen atoms in total. The molecule has 0 unspecified atom stereocenters. The zero-order chi connectivity index (χ0) is 21.3. The largest absolute Gasteiger partial charge is 0.573 e. The normalized spacial score (nSPS) is 17.3. The molecule has 0 saturated carbocycles. The number of ether oxygens (including phenoxy) is 1. The van der Waals surface area contributed by atoms with E-state index in [0.29, 0.717) is 36.1 Å². The number of amides is 1. The Hall–Kier alpha value is -3.03. The first-order valence-electron chi connectivity index (χ1n) is 9.64. The highest BCUT2D eigenvalue weighted by Gasteiger charge is 2.35. The highest BCUT2D eigenvalue weighted by Crippen LogP contribution is 2.31. The number of piperidine rings is 1. The highest BCUT2D eigenvalue weighted by atomic mass is 19.4. The molecule has 0 bridgehead atoms. The van der Waals surface area contributed by atoms with Gasteiger partial charge in [-0.25, -0.2) is 4.39 Å². The van der Waals surface area contributed by atoms with Crippen LogP contribution in [-0.2, 0) is 6.42 Å². The maximum absolute atomic E-state index is 13.4. The summed E-state index contributed by atoms with van der Waals surface area (Å²) in [6.45, 7) is 0.429. The van der Waals surface area contributed by atoms with Crippen molar-refractivity contribution in [2.75, 3.05) is 6.54 Å². The van der Waals surface area contributed by atoms with Crippen LogP contribution in [0.15, 0.2) is 52.9 Å². The lowest BCUT2D eigenvalue weighted by Gasteiger charge is -2.35. The molecule has 0 aliphatic carbocycles. The number of rotatable bonds is 4. The van der Waals surface area contributed by atoms with E-state index in [1.807, 2.05) is 0 Å². The lowest BCUT2D eigenvalue weighted by molar-refractivity contribution is -0.274. The Balaban J connectivity index is 1.58. The Kier molecular flexibility index (Phi) is 5.40. The monoisotopic (exact) mass is 421 g/mol. The minimum absolute atomic E-state index is 0.131. The van der Waals surface area contributed by atoms with Crippen LogP contribution in [-0.4, -0.2) is 29.8 Å². The number of halogens is 4. The van der Waals surface area contributed by atoms with Crippen molar-refractivity contribution < 1.29 is 31.5 Å². The van der Waals surface area contributed by atoms with E-state index in [9.17, 15) is 22.4 Å². The fourth-order valence-electron chi connectivity index (χ4n) is 3.89. The fourth-order valence-corrected chi connectivity index (χ4v) is 3.89. The second-order valence-corrected chi connectivity index (χ2v) is 7.29. The lowest BCUT2D eigenvalue weighted by Crippen LogP contribution is -2.45. The van der Waals surface area contributed by atoms with Crippen molar-refractivity contribution >= 4 is 16.9 Å². The van der Waals surface area contributed by atoms with Gasteiger partial charge in [0, 0.05) is 24.4 Å². The summed E-state index contributed by atoms with van der Waals surface area (Å²) in [6.07, 6.45) is -2.15. The Morgan fingerprint density at radius 1 is 1.13 bits per heavy atom. The average Bonchev–Trinajstić information content (AvgIpc) is 3.08. The number of benzene rings is 2. The first-order valence-corrected chi connectivity index (χ1v) is 9.64. The standard InChI is InChI=1S/C22H19F4NO3/c23-15-8-9-19-14(11-15)12-17(29-19)13-16-5-3-4-10-27(16)21(28)18-6-1-2-7-20(18)30-22(24,25)26/h1-2,6-9,11-12,16H,3-5,10,13H2/t16-/m0/s1. The summed E-state index contributed by atoms with van der Waals surface area (Å²) in [7, 11) is 0. The van der Waals surface area contributed by atoms with Crippen molar-refractivity contribution in [1.29, 1.82) is 0 Å². The quantitative estimate of drug-likeness (QED) is 0.507. The maximum Gasteiger partial charge on any atom is 0.573 e. The van der Waals surface area contributed by atoms with Gasteiger partial charge in [-0.2, -0.15) is 0 Å². The van der Waals surface area contributed by atoms with E-state index in [1.54, 1.807) is 17.0 Å². The number of fused-ring (bicyclic) bond motifs is 1. The van der Waals surface area contributed by atoms with Crippen LogP contribution in [0.1, 0.15) is 35.4 Å². The summed E-state index contributed by atoms with van der Waals surface area (Å²) >= 11 is 0. The van der Waals surface area contributed by atoms with E-state index in [0.717, 1.165) is 18.9 Å². The van der Waals surface area contributed by atoms with E-state index >= 15 is 0 Å². The van der Waals surface area contributed by atoms with Crippen LogP contribution < -0.4 is 4.74 Å². The van der Waals surface area contributed by atoms with Crippen molar-refractivity contribution in [3.05, 3.63) is 65.7 Å². The third kappa shape index (κ3) is 4.42. The van der Waals surface area contributed by atoms with Crippen molar-refractivity contribution in [2.45, 2.75) is 38.1 Å². The summed E-state index contributed by atoms with van der Waals surface area (Å²) in [5.41, 5.74) is 0.414. The zero-order valence-corrected chi connectivity index (χ0v) is 15.9.